The zero-order valence-corrected chi connectivity index (χ0v) is 13.8. The van der Waals surface area contributed by atoms with Gasteiger partial charge in [0.25, 0.3) is 0 Å². The van der Waals surface area contributed by atoms with Crippen LogP contribution >= 0.6 is 0 Å². The molecule has 3 heterocycles. The summed E-state index contributed by atoms with van der Waals surface area (Å²) in [6.45, 7) is 7.38. The first-order valence-electron chi connectivity index (χ1n) is 7.98. The number of likely N-dealkylation sites (tertiary alicyclic amines) is 1. The van der Waals surface area contributed by atoms with Crippen molar-refractivity contribution in [1.82, 2.24) is 24.9 Å². The van der Waals surface area contributed by atoms with Crippen LogP contribution in [0.5, 0.6) is 0 Å². The SMILES string of the molecule is CCC(=O)N1CCC(Nc2ccc(-n3nc(C)cc3C)nn2)C1. The smallest absolute Gasteiger partial charge is 0.222 e. The molecule has 1 N–H and O–H groups in total. The highest BCUT2D eigenvalue weighted by Gasteiger charge is 2.25. The second-order valence-electron chi connectivity index (χ2n) is 5.94. The van der Waals surface area contributed by atoms with E-state index in [0.717, 1.165) is 36.7 Å². The van der Waals surface area contributed by atoms with Crippen LogP contribution in [0.4, 0.5) is 5.82 Å². The van der Waals surface area contributed by atoms with Crippen LogP contribution in [0, 0.1) is 13.8 Å². The Kier molecular flexibility index (Phi) is 4.27. The van der Waals surface area contributed by atoms with Crippen molar-refractivity contribution in [2.45, 2.75) is 39.7 Å². The molecule has 1 atom stereocenters. The molecule has 1 aliphatic heterocycles. The Morgan fingerprint density at radius 1 is 1.35 bits per heavy atom. The first-order chi connectivity index (χ1) is 11.1. The van der Waals surface area contributed by atoms with Gasteiger partial charge in [-0.05, 0) is 38.5 Å². The predicted molar refractivity (Wildman–Crippen MR) is 87.5 cm³/mol. The summed E-state index contributed by atoms with van der Waals surface area (Å²) in [4.78, 5) is 13.6. The summed E-state index contributed by atoms with van der Waals surface area (Å²) in [7, 11) is 0. The van der Waals surface area contributed by atoms with Crippen molar-refractivity contribution in [3.63, 3.8) is 0 Å². The lowest BCUT2D eigenvalue weighted by Gasteiger charge is -2.16. The molecular formula is C16H22N6O. The molecule has 1 fully saturated rings. The van der Waals surface area contributed by atoms with Crippen molar-refractivity contribution < 1.29 is 4.79 Å². The van der Waals surface area contributed by atoms with Crippen molar-refractivity contribution in [3.05, 3.63) is 29.6 Å². The number of amides is 1. The maximum absolute atomic E-state index is 11.7. The Bertz CT molecular complexity index is 693. The van der Waals surface area contributed by atoms with Crippen LogP contribution in [0.1, 0.15) is 31.2 Å². The molecule has 0 aromatic carbocycles. The molecule has 122 valence electrons. The third-order valence-corrected chi connectivity index (χ3v) is 4.07. The molecule has 1 aliphatic rings. The highest BCUT2D eigenvalue weighted by Crippen LogP contribution is 2.16. The number of carbonyl (C=O) groups is 1. The molecule has 0 spiro atoms. The minimum absolute atomic E-state index is 0.209. The fraction of sp³-hybridized carbons (Fsp3) is 0.500. The van der Waals surface area contributed by atoms with Crippen LogP contribution in [-0.4, -0.2) is 49.9 Å². The van der Waals surface area contributed by atoms with Crippen LogP contribution in [0.2, 0.25) is 0 Å². The van der Waals surface area contributed by atoms with E-state index >= 15 is 0 Å². The minimum Gasteiger partial charge on any atom is -0.364 e. The number of nitrogens with one attached hydrogen (secondary N) is 1. The van der Waals surface area contributed by atoms with Gasteiger partial charge in [-0.25, -0.2) is 4.68 Å². The molecule has 3 rings (SSSR count). The van der Waals surface area contributed by atoms with E-state index < -0.39 is 0 Å². The summed E-state index contributed by atoms with van der Waals surface area (Å²) in [5, 5.41) is 16.2. The van der Waals surface area contributed by atoms with E-state index in [-0.39, 0.29) is 11.9 Å². The number of aryl methyl sites for hydroxylation is 2. The van der Waals surface area contributed by atoms with E-state index in [1.165, 1.54) is 0 Å². The van der Waals surface area contributed by atoms with E-state index in [2.05, 4.69) is 20.6 Å². The highest BCUT2D eigenvalue weighted by molar-refractivity contribution is 5.76. The number of carbonyl (C=O) groups excluding carboxylic acids is 1. The highest BCUT2D eigenvalue weighted by atomic mass is 16.2. The average Bonchev–Trinajstić information content (AvgIpc) is 3.14. The fourth-order valence-electron chi connectivity index (χ4n) is 2.91. The van der Waals surface area contributed by atoms with Crippen LogP contribution < -0.4 is 5.32 Å². The summed E-state index contributed by atoms with van der Waals surface area (Å²) >= 11 is 0. The van der Waals surface area contributed by atoms with Crippen LogP contribution in [0.3, 0.4) is 0 Å². The third kappa shape index (κ3) is 3.33. The van der Waals surface area contributed by atoms with Crippen LogP contribution in [-0.2, 0) is 4.79 Å². The molecule has 23 heavy (non-hydrogen) atoms. The van der Waals surface area contributed by atoms with Crippen molar-refractivity contribution in [2.24, 2.45) is 0 Å². The van der Waals surface area contributed by atoms with Gasteiger partial charge in [0.2, 0.25) is 5.91 Å². The normalized spacial score (nSPS) is 17.5. The maximum Gasteiger partial charge on any atom is 0.222 e. The molecule has 1 unspecified atom stereocenters. The van der Waals surface area contributed by atoms with Crippen molar-refractivity contribution in [2.75, 3.05) is 18.4 Å². The Balaban J connectivity index is 1.64. The number of hydrogen-bond acceptors (Lipinski definition) is 5. The average molecular weight is 314 g/mol. The number of hydrogen-bond donors (Lipinski definition) is 1. The summed E-state index contributed by atoms with van der Waals surface area (Å²) in [5.74, 6) is 1.64. The molecule has 2 aromatic rings. The summed E-state index contributed by atoms with van der Waals surface area (Å²) in [6, 6.07) is 6.05. The standard InChI is InChI=1S/C16H22N6O/c1-4-16(23)21-8-7-13(10-21)17-14-5-6-15(19-18-14)22-12(3)9-11(2)20-22/h5-6,9,13H,4,7-8,10H2,1-3H3,(H,17,18). The van der Waals surface area contributed by atoms with E-state index in [4.69, 9.17) is 0 Å². The molecule has 2 aromatic heterocycles. The Hall–Kier alpha value is -2.44. The summed E-state index contributed by atoms with van der Waals surface area (Å²) in [5.41, 5.74) is 1.99. The number of anilines is 1. The first-order valence-corrected chi connectivity index (χ1v) is 7.98. The summed E-state index contributed by atoms with van der Waals surface area (Å²) in [6.07, 6.45) is 1.50. The molecule has 7 nitrogen and oxygen atoms in total. The van der Waals surface area contributed by atoms with E-state index in [1.807, 2.05) is 43.9 Å². The fourth-order valence-corrected chi connectivity index (χ4v) is 2.91. The van der Waals surface area contributed by atoms with Crippen molar-refractivity contribution in [1.29, 1.82) is 0 Å². The largest absolute Gasteiger partial charge is 0.364 e. The Morgan fingerprint density at radius 2 is 2.17 bits per heavy atom. The molecular weight excluding hydrogens is 292 g/mol. The lowest BCUT2D eigenvalue weighted by Crippen LogP contribution is -2.31. The van der Waals surface area contributed by atoms with Gasteiger partial charge in [-0.3, -0.25) is 4.79 Å². The van der Waals surface area contributed by atoms with Gasteiger partial charge in [0, 0.05) is 31.2 Å². The quantitative estimate of drug-likeness (QED) is 0.929. The number of rotatable bonds is 4. The maximum atomic E-state index is 11.7. The molecule has 0 radical (unpaired) electrons. The van der Waals surface area contributed by atoms with Gasteiger partial charge >= 0.3 is 0 Å². The van der Waals surface area contributed by atoms with E-state index in [9.17, 15) is 4.79 Å². The van der Waals surface area contributed by atoms with Gasteiger partial charge < -0.3 is 10.2 Å². The molecule has 1 saturated heterocycles. The third-order valence-electron chi connectivity index (χ3n) is 4.07. The van der Waals surface area contributed by atoms with Gasteiger partial charge in [-0.2, -0.15) is 5.10 Å². The lowest BCUT2D eigenvalue weighted by molar-refractivity contribution is -0.129. The van der Waals surface area contributed by atoms with Crippen LogP contribution in [0.15, 0.2) is 18.2 Å². The number of aromatic nitrogens is 4. The second kappa shape index (κ2) is 6.36. The summed E-state index contributed by atoms with van der Waals surface area (Å²) < 4.78 is 1.78. The van der Waals surface area contributed by atoms with E-state index in [1.54, 1.807) is 4.68 Å². The van der Waals surface area contributed by atoms with Crippen LogP contribution in [0.25, 0.3) is 5.82 Å². The zero-order valence-electron chi connectivity index (χ0n) is 13.8. The van der Waals surface area contributed by atoms with Gasteiger partial charge in [0.1, 0.15) is 5.82 Å². The molecule has 0 aliphatic carbocycles. The van der Waals surface area contributed by atoms with Gasteiger partial charge in [0.15, 0.2) is 5.82 Å². The predicted octanol–water partition coefficient (Wildman–Crippen LogP) is 1.70. The molecule has 1 amide bonds. The Morgan fingerprint density at radius 3 is 2.78 bits per heavy atom. The van der Waals surface area contributed by atoms with Crippen molar-refractivity contribution in [3.8, 4) is 5.82 Å². The lowest BCUT2D eigenvalue weighted by atomic mass is 10.2. The first kappa shape index (κ1) is 15.5. The minimum atomic E-state index is 0.209. The van der Waals surface area contributed by atoms with Gasteiger partial charge in [-0.1, -0.05) is 6.92 Å². The van der Waals surface area contributed by atoms with Gasteiger partial charge in [-0.15, -0.1) is 10.2 Å². The molecule has 7 heteroatoms. The molecule has 0 bridgehead atoms. The second-order valence-corrected chi connectivity index (χ2v) is 5.94. The zero-order chi connectivity index (χ0) is 16.4. The van der Waals surface area contributed by atoms with Gasteiger partial charge in [0.05, 0.1) is 5.69 Å². The number of nitrogens with zero attached hydrogens (tertiary/aromatic N) is 5. The van der Waals surface area contributed by atoms with E-state index in [0.29, 0.717) is 12.2 Å². The molecule has 0 saturated carbocycles. The van der Waals surface area contributed by atoms with Crippen molar-refractivity contribution >= 4 is 11.7 Å². The monoisotopic (exact) mass is 314 g/mol. The Labute approximate surface area is 135 Å². The topological polar surface area (TPSA) is 75.9 Å².